The molecule has 0 saturated carbocycles. The number of aromatic nitrogens is 1. The third kappa shape index (κ3) is 3.54. The van der Waals surface area contributed by atoms with E-state index in [1.54, 1.807) is 11.0 Å². The van der Waals surface area contributed by atoms with Crippen LogP contribution >= 0.6 is 34.7 Å². The Bertz CT molecular complexity index is 1130. The van der Waals surface area contributed by atoms with Gasteiger partial charge in [-0.2, -0.15) is 4.37 Å². The van der Waals surface area contributed by atoms with Gasteiger partial charge in [0.15, 0.2) is 5.82 Å². The van der Waals surface area contributed by atoms with Crippen LogP contribution in [0.4, 0.5) is 9.39 Å². The summed E-state index contributed by atoms with van der Waals surface area (Å²) in [5, 5.41) is 11.6. The molecule has 29 heavy (non-hydrogen) atoms. The highest BCUT2D eigenvalue weighted by molar-refractivity contribution is 7.11. The van der Waals surface area contributed by atoms with Crippen LogP contribution in [0, 0.1) is 5.82 Å². The molecule has 1 aliphatic heterocycles. The molecule has 0 aliphatic carbocycles. The highest BCUT2D eigenvalue weighted by Gasteiger charge is 2.26. The van der Waals surface area contributed by atoms with E-state index in [9.17, 15) is 9.90 Å². The highest BCUT2D eigenvalue weighted by Crippen LogP contribution is 2.43. The summed E-state index contributed by atoms with van der Waals surface area (Å²) in [6.45, 7) is 5.84. The van der Waals surface area contributed by atoms with Crippen LogP contribution in [0.3, 0.4) is 0 Å². The molecule has 0 atom stereocenters. The van der Waals surface area contributed by atoms with E-state index in [0.29, 0.717) is 37.1 Å². The number of benzene rings is 2. The van der Waals surface area contributed by atoms with Crippen molar-refractivity contribution in [3.05, 3.63) is 52.8 Å². The molecule has 2 heterocycles. The van der Waals surface area contributed by atoms with Crippen molar-refractivity contribution < 1.29 is 14.3 Å². The summed E-state index contributed by atoms with van der Waals surface area (Å²) in [4.78, 5) is 15.6. The van der Waals surface area contributed by atoms with Crippen LogP contribution in [-0.4, -0.2) is 46.5 Å². The largest absolute Gasteiger partial charge is 0.508 e. The van der Waals surface area contributed by atoms with Crippen LogP contribution in [0.25, 0.3) is 22.0 Å². The lowest BCUT2D eigenvalue weighted by Crippen LogP contribution is -2.48. The maximum Gasteiger partial charge on any atom is 0.246 e. The second-order valence-corrected chi connectivity index (χ2v) is 8.18. The number of nitrogens with zero attached hydrogens (tertiary/aromatic N) is 3. The molecule has 1 fully saturated rings. The van der Waals surface area contributed by atoms with Gasteiger partial charge in [-0.1, -0.05) is 29.8 Å². The zero-order valence-corrected chi connectivity index (χ0v) is 17.5. The van der Waals surface area contributed by atoms with Crippen molar-refractivity contribution in [2.24, 2.45) is 0 Å². The number of aromatic hydroxyl groups is 1. The Morgan fingerprint density at radius 1 is 1.21 bits per heavy atom. The van der Waals surface area contributed by atoms with E-state index >= 15 is 4.39 Å². The minimum atomic E-state index is -0.581. The Kier molecular flexibility index (Phi) is 5.38. The van der Waals surface area contributed by atoms with Crippen LogP contribution in [0.2, 0.25) is 10.0 Å². The summed E-state index contributed by atoms with van der Waals surface area (Å²) in [5.41, 5.74) is 0.619. The molecule has 0 radical (unpaired) electrons. The number of fused-ring (bicyclic) bond motifs is 1. The van der Waals surface area contributed by atoms with E-state index in [1.807, 2.05) is 0 Å². The van der Waals surface area contributed by atoms with Gasteiger partial charge in [0, 0.05) is 47.7 Å². The van der Waals surface area contributed by atoms with Gasteiger partial charge in [0.1, 0.15) is 16.3 Å². The monoisotopic (exact) mass is 451 g/mol. The van der Waals surface area contributed by atoms with Crippen LogP contribution in [-0.2, 0) is 4.79 Å². The number of hydrogen-bond donors (Lipinski definition) is 1. The molecule has 2 aromatic carbocycles. The molecule has 0 spiro atoms. The summed E-state index contributed by atoms with van der Waals surface area (Å²) in [6.07, 6.45) is 1.31. The first-order valence-electron chi connectivity index (χ1n) is 8.83. The Morgan fingerprint density at radius 2 is 1.93 bits per heavy atom. The van der Waals surface area contributed by atoms with Gasteiger partial charge in [-0.25, -0.2) is 4.39 Å². The average Bonchev–Trinajstić information content (AvgIpc) is 3.14. The van der Waals surface area contributed by atoms with Crippen LogP contribution < -0.4 is 4.90 Å². The molecule has 0 bridgehead atoms. The van der Waals surface area contributed by atoms with Gasteiger partial charge in [0.25, 0.3) is 0 Å². The summed E-state index contributed by atoms with van der Waals surface area (Å²) >= 11 is 13.8. The fourth-order valence-corrected chi connectivity index (χ4v) is 4.85. The SMILES string of the molecule is C=CC(=O)N1CCN(c2snc3c(F)c(-c4cc(O)ccc4Cl)c(Cl)cc23)CC1. The molecule has 150 valence electrons. The van der Waals surface area contributed by atoms with Crippen molar-refractivity contribution in [1.82, 2.24) is 9.27 Å². The predicted molar refractivity (Wildman–Crippen MR) is 116 cm³/mol. The smallest absolute Gasteiger partial charge is 0.246 e. The van der Waals surface area contributed by atoms with Gasteiger partial charge >= 0.3 is 0 Å². The van der Waals surface area contributed by atoms with Crippen molar-refractivity contribution >= 4 is 56.5 Å². The molecule has 1 amide bonds. The second-order valence-electron chi connectivity index (χ2n) is 6.61. The van der Waals surface area contributed by atoms with E-state index in [4.69, 9.17) is 23.2 Å². The predicted octanol–water partition coefficient (Wildman–Crippen LogP) is 4.95. The molecule has 0 unspecified atom stereocenters. The number of phenols is 1. The van der Waals surface area contributed by atoms with Gasteiger partial charge in [-0.3, -0.25) is 4.79 Å². The minimum absolute atomic E-state index is 0.0362. The third-order valence-electron chi connectivity index (χ3n) is 4.92. The van der Waals surface area contributed by atoms with E-state index in [1.165, 1.54) is 35.8 Å². The van der Waals surface area contributed by atoms with Crippen LogP contribution in [0.15, 0.2) is 36.9 Å². The molecule has 9 heteroatoms. The number of halogens is 3. The first kappa shape index (κ1) is 19.9. The van der Waals surface area contributed by atoms with Crippen molar-refractivity contribution in [2.45, 2.75) is 0 Å². The number of piperazine rings is 1. The number of anilines is 1. The quantitative estimate of drug-likeness (QED) is 0.572. The number of carbonyl (C=O) groups excluding carboxylic acids is 1. The zero-order chi connectivity index (χ0) is 20.7. The summed E-state index contributed by atoms with van der Waals surface area (Å²) in [7, 11) is 0. The lowest BCUT2D eigenvalue weighted by molar-refractivity contribution is -0.126. The van der Waals surface area contributed by atoms with Crippen molar-refractivity contribution in [1.29, 1.82) is 0 Å². The Labute approximate surface area is 180 Å². The number of carbonyl (C=O) groups is 1. The van der Waals surface area contributed by atoms with Crippen LogP contribution in [0.5, 0.6) is 5.75 Å². The number of amides is 1. The first-order chi connectivity index (χ1) is 13.9. The molecule has 3 aromatic rings. The minimum Gasteiger partial charge on any atom is -0.508 e. The van der Waals surface area contributed by atoms with Gasteiger partial charge < -0.3 is 14.9 Å². The maximum atomic E-state index is 15.4. The highest BCUT2D eigenvalue weighted by atomic mass is 35.5. The third-order valence-corrected chi connectivity index (χ3v) is 6.47. The molecule has 5 nitrogen and oxygen atoms in total. The summed E-state index contributed by atoms with van der Waals surface area (Å²) in [5.74, 6) is -0.714. The van der Waals surface area contributed by atoms with E-state index in [-0.39, 0.29) is 32.8 Å². The maximum absolute atomic E-state index is 15.4. The molecular weight excluding hydrogens is 436 g/mol. The second kappa shape index (κ2) is 7.82. The van der Waals surface area contributed by atoms with Crippen molar-refractivity contribution in [3.8, 4) is 16.9 Å². The van der Waals surface area contributed by atoms with Gasteiger partial charge in [0.2, 0.25) is 5.91 Å². The Balaban J connectivity index is 1.73. The number of hydrogen-bond acceptors (Lipinski definition) is 5. The fourth-order valence-electron chi connectivity index (χ4n) is 3.44. The summed E-state index contributed by atoms with van der Waals surface area (Å²) in [6, 6.07) is 5.97. The Hall–Kier alpha value is -2.35. The first-order valence-corrected chi connectivity index (χ1v) is 10.4. The van der Waals surface area contributed by atoms with Crippen molar-refractivity contribution in [3.63, 3.8) is 0 Å². The Morgan fingerprint density at radius 3 is 2.62 bits per heavy atom. The molecule has 1 N–H and O–H groups in total. The van der Waals surface area contributed by atoms with Gasteiger partial charge in [-0.15, -0.1) is 0 Å². The normalized spacial score (nSPS) is 14.4. The molecule has 1 saturated heterocycles. The van der Waals surface area contributed by atoms with E-state index in [2.05, 4.69) is 15.9 Å². The lowest BCUT2D eigenvalue weighted by atomic mass is 10.0. The summed E-state index contributed by atoms with van der Waals surface area (Å²) < 4.78 is 19.7. The topological polar surface area (TPSA) is 56.7 Å². The fraction of sp³-hybridized carbons (Fsp3) is 0.200. The van der Waals surface area contributed by atoms with E-state index < -0.39 is 5.82 Å². The number of phenolic OH excluding ortho intramolecular Hbond substituents is 1. The van der Waals surface area contributed by atoms with Gasteiger partial charge in [-0.05, 0) is 41.9 Å². The van der Waals surface area contributed by atoms with Gasteiger partial charge in [0.05, 0.1) is 5.02 Å². The van der Waals surface area contributed by atoms with Crippen LogP contribution in [0.1, 0.15) is 0 Å². The zero-order valence-electron chi connectivity index (χ0n) is 15.2. The molecule has 1 aromatic heterocycles. The molecule has 1 aliphatic rings. The molecular formula is C20H16Cl2FN3O2S. The van der Waals surface area contributed by atoms with E-state index in [0.717, 1.165) is 5.00 Å². The lowest BCUT2D eigenvalue weighted by Gasteiger charge is -2.34. The average molecular weight is 452 g/mol. The standard InChI is InChI=1S/C20H16Cl2FN3O2S/c1-2-16(28)25-5-7-26(8-6-25)20-13-10-15(22)17(18(23)19(13)24-29-20)12-9-11(27)3-4-14(12)21/h2-4,9-10,27H,1,5-8H2. The van der Waals surface area contributed by atoms with Crippen molar-refractivity contribution in [2.75, 3.05) is 31.1 Å². The molecule has 4 rings (SSSR count). The number of rotatable bonds is 3.